The van der Waals surface area contributed by atoms with Crippen LogP contribution in [0.3, 0.4) is 0 Å². The second-order valence-electron chi connectivity index (χ2n) is 8.56. The lowest BCUT2D eigenvalue weighted by atomic mass is 9.94. The number of carbonyl (C=O) groups excluding carboxylic acids is 2. The fourth-order valence-electron chi connectivity index (χ4n) is 4.52. The van der Waals surface area contributed by atoms with Gasteiger partial charge in [0.05, 0.1) is 23.6 Å². The van der Waals surface area contributed by atoms with Crippen LogP contribution < -0.4 is 5.32 Å². The van der Waals surface area contributed by atoms with Crippen molar-refractivity contribution < 1.29 is 9.59 Å². The standard InChI is InChI=1S/C24H32N4O2S/c1-27(19-9-3-2-4-10-19)23(29)17-31-21-12-6-5-11-20(21)24(30)25-15-18-16-28-14-8-7-13-22(28)26-18/h5-6,11-12,16,19H,2-4,7-10,13-15,17H2,1H3,(H,25,30). The number of aryl methyl sites for hydroxylation is 2. The maximum Gasteiger partial charge on any atom is 0.252 e. The fourth-order valence-corrected chi connectivity index (χ4v) is 5.49. The molecule has 2 heterocycles. The van der Waals surface area contributed by atoms with E-state index < -0.39 is 0 Å². The second kappa shape index (κ2) is 10.4. The number of carbonyl (C=O) groups is 2. The predicted octanol–water partition coefficient (Wildman–Crippen LogP) is 4.03. The molecule has 1 aromatic heterocycles. The summed E-state index contributed by atoms with van der Waals surface area (Å²) in [5.74, 6) is 1.48. The Morgan fingerprint density at radius 1 is 1.16 bits per heavy atom. The van der Waals surface area contributed by atoms with Crippen molar-refractivity contribution in [3.8, 4) is 0 Å². The van der Waals surface area contributed by atoms with Gasteiger partial charge in [-0.05, 0) is 37.8 Å². The molecule has 0 saturated heterocycles. The highest BCUT2D eigenvalue weighted by molar-refractivity contribution is 8.00. The van der Waals surface area contributed by atoms with Crippen molar-refractivity contribution in [1.82, 2.24) is 19.8 Å². The lowest BCUT2D eigenvalue weighted by Gasteiger charge is -2.31. The van der Waals surface area contributed by atoms with E-state index in [4.69, 9.17) is 0 Å². The minimum Gasteiger partial charge on any atom is -0.346 e. The highest BCUT2D eigenvalue weighted by atomic mass is 32.2. The average molecular weight is 441 g/mol. The zero-order valence-corrected chi connectivity index (χ0v) is 19.1. The smallest absolute Gasteiger partial charge is 0.252 e. The number of nitrogens with one attached hydrogen (secondary N) is 1. The summed E-state index contributed by atoms with van der Waals surface area (Å²) in [6.45, 7) is 1.43. The molecule has 1 aliphatic carbocycles. The predicted molar refractivity (Wildman–Crippen MR) is 123 cm³/mol. The Morgan fingerprint density at radius 2 is 1.97 bits per heavy atom. The molecule has 1 saturated carbocycles. The highest BCUT2D eigenvalue weighted by Crippen LogP contribution is 2.26. The molecule has 0 atom stereocenters. The number of fused-ring (bicyclic) bond motifs is 1. The molecule has 2 amide bonds. The number of thioether (sulfide) groups is 1. The van der Waals surface area contributed by atoms with E-state index in [1.54, 1.807) is 0 Å². The molecular weight excluding hydrogens is 408 g/mol. The second-order valence-corrected chi connectivity index (χ2v) is 9.58. The first-order chi connectivity index (χ1) is 15.1. The maximum atomic E-state index is 12.9. The van der Waals surface area contributed by atoms with Crippen molar-refractivity contribution in [3.63, 3.8) is 0 Å². The largest absolute Gasteiger partial charge is 0.346 e. The minimum absolute atomic E-state index is 0.123. The molecule has 0 radical (unpaired) electrons. The monoisotopic (exact) mass is 440 g/mol. The molecule has 4 rings (SSSR count). The van der Waals surface area contributed by atoms with Gasteiger partial charge >= 0.3 is 0 Å². The molecule has 1 aliphatic heterocycles. The number of amides is 2. The van der Waals surface area contributed by atoms with Crippen LogP contribution in [0, 0.1) is 0 Å². The number of nitrogens with zero attached hydrogens (tertiary/aromatic N) is 3. The van der Waals surface area contributed by atoms with E-state index in [-0.39, 0.29) is 11.8 Å². The van der Waals surface area contributed by atoms with Crippen LogP contribution in [0.4, 0.5) is 0 Å². The zero-order chi connectivity index (χ0) is 21.6. The average Bonchev–Trinajstić information content (AvgIpc) is 3.24. The summed E-state index contributed by atoms with van der Waals surface area (Å²) in [5, 5.41) is 3.00. The highest BCUT2D eigenvalue weighted by Gasteiger charge is 2.22. The summed E-state index contributed by atoms with van der Waals surface area (Å²) in [5.41, 5.74) is 1.52. The number of benzene rings is 1. The molecule has 6 nitrogen and oxygen atoms in total. The Balaban J connectivity index is 1.33. The van der Waals surface area contributed by atoms with E-state index in [9.17, 15) is 9.59 Å². The summed E-state index contributed by atoms with van der Waals surface area (Å²) in [4.78, 5) is 33.0. The van der Waals surface area contributed by atoms with Crippen LogP contribution in [0.2, 0.25) is 0 Å². The lowest BCUT2D eigenvalue weighted by Crippen LogP contribution is -2.39. The van der Waals surface area contributed by atoms with Gasteiger partial charge in [0, 0.05) is 37.1 Å². The van der Waals surface area contributed by atoms with Crippen molar-refractivity contribution in [2.24, 2.45) is 0 Å². The third-order valence-electron chi connectivity index (χ3n) is 6.39. The summed E-state index contributed by atoms with van der Waals surface area (Å²) >= 11 is 1.45. The van der Waals surface area contributed by atoms with Gasteiger partial charge in [-0.3, -0.25) is 9.59 Å². The van der Waals surface area contributed by atoms with Crippen LogP contribution >= 0.6 is 11.8 Å². The first-order valence-electron chi connectivity index (χ1n) is 11.4. The number of rotatable bonds is 7. The molecule has 0 bridgehead atoms. The van der Waals surface area contributed by atoms with Crippen molar-refractivity contribution in [2.75, 3.05) is 12.8 Å². The summed E-state index contributed by atoms with van der Waals surface area (Å²) in [6, 6.07) is 7.89. The minimum atomic E-state index is -0.123. The topological polar surface area (TPSA) is 67.2 Å². The maximum absolute atomic E-state index is 12.9. The summed E-state index contributed by atoms with van der Waals surface area (Å²) in [6.07, 6.45) is 11.3. The Hall–Kier alpha value is -2.28. The molecule has 0 unspecified atom stereocenters. The lowest BCUT2D eigenvalue weighted by molar-refractivity contribution is -0.129. The van der Waals surface area contributed by atoms with E-state index >= 15 is 0 Å². The zero-order valence-electron chi connectivity index (χ0n) is 18.3. The van der Waals surface area contributed by atoms with Gasteiger partial charge in [-0.25, -0.2) is 4.98 Å². The van der Waals surface area contributed by atoms with E-state index in [1.165, 1.54) is 43.9 Å². The van der Waals surface area contributed by atoms with Crippen LogP contribution in [0.1, 0.15) is 66.8 Å². The molecular formula is C24H32N4O2S. The molecule has 7 heteroatoms. The van der Waals surface area contributed by atoms with Crippen LogP contribution in [-0.4, -0.2) is 45.1 Å². The summed E-state index contributed by atoms with van der Waals surface area (Å²) < 4.78 is 2.20. The van der Waals surface area contributed by atoms with Crippen molar-refractivity contribution in [3.05, 3.63) is 47.5 Å². The van der Waals surface area contributed by atoms with E-state index in [2.05, 4.69) is 21.1 Å². The van der Waals surface area contributed by atoms with Crippen LogP contribution in [-0.2, 0) is 24.3 Å². The fraction of sp³-hybridized carbons (Fsp3) is 0.542. The Labute approximate surface area is 188 Å². The molecule has 31 heavy (non-hydrogen) atoms. The van der Waals surface area contributed by atoms with Gasteiger partial charge in [-0.15, -0.1) is 11.8 Å². The van der Waals surface area contributed by atoms with Gasteiger partial charge in [0.15, 0.2) is 0 Å². The molecule has 1 aromatic carbocycles. The Bertz CT molecular complexity index is 897. The van der Waals surface area contributed by atoms with Gasteiger partial charge in [-0.1, -0.05) is 31.4 Å². The van der Waals surface area contributed by atoms with Crippen molar-refractivity contribution in [1.29, 1.82) is 0 Å². The van der Waals surface area contributed by atoms with E-state index in [0.29, 0.717) is 23.9 Å². The normalized spacial score (nSPS) is 16.5. The first-order valence-corrected chi connectivity index (χ1v) is 12.4. The van der Waals surface area contributed by atoms with E-state index in [1.807, 2.05) is 36.2 Å². The SMILES string of the molecule is CN(C(=O)CSc1ccccc1C(=O)NCc1cn2c(n1)CCCC2)C1CCCCC1. The van der Waals surface area contributed by atoms with Gasteiger partial charge < -0.3 is 14.8 Å². The van der Waals surface area contributed by atoms with Crippen LogP contribution in [0.15, 0.2) is 35.4 Å². The number of aromatic nitrogens is 2. The first kappa shape index (κ1) is 21.9. The molecule has 166 valence electrons. The van der Waals surface area contributed by atoms with Gasteiger partial charge in [0.1, 0.15) is 5.82 Å². The third kappa shape index (κ3) is 5.50. The molecule has 1 fully saturated rings. The molecule has 2 aliphatic rings. The Morgan fingerprint density at radius 3 is 2.77 bits per heavy atom. The van der Waals surface area contributed by atoms with E-state index in [0.717, 1.165) is 42.2 Å². The number of hydrogen-bond donors (Lipinski definition) is 1. The van der Waals surface area contributed by atoms with Crippen LogP contribution in [0.5, 0.6) is 0 Å². The molecule has 2 aromatic rings. The molecule has 1 N–H and O–H groups in total. The van der Waals surface area contributed by atoms with Gasteiger partial charge in [0.2, 0.25) is 5.91 Å². The molecule has 0 spiro atoms. The Kier molecular flexibility index (Phi) is 7.33. The van der Waals surface area contributed by atoms with Crippen LogP contribution in [0.25, 0.3) is 0 Å². The third-order valence-corrected chi connectivity index (χ3v) is 7.45. The van der Waals surface area contributed by atoms with Gasteiger partial charge in [0.25, 0.3) is 5.91 Å². The van der Waals surface area contributed by atoms with Crippen molar-refractivity contribution in [2.45, 2.75) is 75.4 Å². The quantitative estimate of drug-likeness (QED) is 0.660. The number of hydrogen-bond acceptors (Lipinski definition) is 4. The summed E-state index contributed by atoms with van der Waals surface area (Å²) in [7, 11) is 1.92. The van der Waals surface area contributed by atoms with Crippen molar-refractivity contribution >= 4 is 23.6 Å². The number of imidazole rings is 1. The van der Waals surface area contributed by atoms with Gasteiger partial charge in [-0.2, -0.15) is 0 Å².